The molecule has 0 N–H and O–H groups in total. The van der Waals surface area contributed by atoms with Crippen LogP contribution in [0.1, 0.15) is 5.69 Å². The Bertz CT molecular complexity index is 270. The Labute approximate surface area is 72.3 Å². The monoisotopic (exact) mass is 195 g/mol. The van der Waals surface area contributed by atoms with E-state index in [1.54, 1.807) is 0 Å². The highest BCUT2D eigenvalue weighted by atomic mass is 19.4. The molecule has 0 aromatic carbocycles. The standard InChI is InChI=1S/C6H8F3N3O/c1-13-3-2-12-10-4-5(11-12)6(7,8)9/h4H,2-3H2,1H3. The van der Waals surface area contributed by atoms with E-state index in [9.17, 15) is 13.2 Å². The molecule has 0 spiro atoms. The summed E-state index contributed by atoms with van der Waals surface area (Å²) >= 11 is 0. The zero-order chi connectivity index (χ0) is 9.90. The summed E-state index contributed by atoms with van der Waals surface area (Å²) < 4.78 is 40.6. The van der Waals surface area contributed by atoms with Gasteiger partial charge in [0.1, 0.15) is 0 Å². The van der Waals surface area contributed by atoms with Crippen LogP contribution in [-0.2, 0) is 17.5 Å². The molecule has 0 aliphatic carbocycles. The number of rotatable bonds is 3. The van der Waals surface area contributed by atoms with Gasteiger partial charge in [0.15, 0.2) is 5.69 Å². The van der Waals surface area contributed by atoms with Crippen LogP contribution in [0, 0.1) is 0 Å². The van der Waals surface area contributed by atoms with E-state index >= 15 is 0 Å². The molecule has 0 aliphatic rings. The Hall–Kier alpha value is -1.11. The minimum atomic E-state index is -4.43. The second kappa shape index (κ2) is 3.73. The number of nitrogens with zero attached hydrogens (tertiary/aromatic N) is 3. The Morgan fingerprint density at radius 3 is 2.69 bits per heavy atom. The Morgan fingerprint density at radius 2 is 2.23 bits per heavy atom. The minimum absolute atomic E-state index is 0.215. The molecule has 7 heteroatoms. The highest BCUT2D eigenvalue weighted by Crippen LogP contribution is 2.26. The van der Waals surface area contributed by atoms with Gasteiger partial charge >= 0.3 is 6.18 Å². The summed E-state index contributed by atoms with van der Waals surface area (Å²) in [5, 5.41) is 6.65. The van der Waals surface area contributed by atoms with E-state index in [-0.39, 0.29) is 13.2 Å². The third-order valence-electron chi connectivity index (χ3n) is 1.32. The lowest BCUT2D eigenvalue weighted by Crippen LogP contribution is -2.10. The van der Waals surface area contributed by atoms with Crippen LogP contribution < -0.4 is 0 Å². The third-order valence-corrected chi connectivity index (χ3v) is 1.32. The van der Waals surface area contributed by atoms with Crippen molar-refractivity contribution in [3.63, 3.8) is 0 Å². The molecule has 1 aromatic rings. The summed E-state index contributed by atoms with van der Waals surface area (Å²) in [6.07, 6.45) is -3.74. The molecule has 1 aromatic heterocycles. The van der Waals surface area contributed by atoms with Gasteiger partial charge in [-0.15, -0.1) is 5.10 Å². The first-order valence-electron chi connectivity index (χ1n) is 3.50. The Kier molecular flexibility index (Phi) is 2.86. The van der Waals surface area contributed by atoms with Crippen molar-refractivity contribution in [1.29, 1.82) is 0 Å². The van der Waals surface area contributed by atoms with Crippen molar-refractivity contribution in [2.75, 3.05) is 13.7 Å². The molecule has 0 fully saturated rings. The summed E-state index contributed by atoms with van der Waals surface area (Å²) in [6.45, 7) is 0.499. The van der Waals surface area contributed by atoms with E-state index in [4.69, 9.17) is 0 Å². The van der Waals surface area contributed by atoms with Crippen LogP contribution in [0.4, 0.5) is 13.2 Å². The van der Waals surface area contributed by atoms with Crippen LogP contribution in [0.5, 0.6) is 0 Å². The first kappa shape index (κ1) is 9.97. The van der Waals surface area contributed by atoms with Gasteiger partial charge in [0.2, 0.25) is 0 Å². The molecule has 1 heterocycles. The van der Waals surface area contributed by atoms with Crippen molar-refractivity contribution in [3.8, 4) is 0 Å². The molecular weight excluding hydrogens is 187 g/mol. The fraction of sp³-hybridized carbons (Fsp3) is 0.667. The van der Waals surface area contributed by atoms with Crippen molar-refractivity contribution in [1.82, 2.24) is 15.0 Å². The van der Waals surface area contributed by atoms with E-state index < -0.39 is 11.9 Å². The molecule has 0 saturated heterocycles. The van der Waals surface area contributed by atoms with Crippen molar-refractivity contribution >= 4 is 0 Å². The zero-order valence-corrected chi connectivity index (χ0v) is 6.88. The second-order valence-corrected chi connectivity index (χ2v) is 2.32. The number of alkyl halides is 3. The smallest absolute Gasteiger partial charge is 0.383 e. The van der Waals surface area contributed by atoms with Gasteiger partial charge in [-0.1, -0.05) is 0 Å². The third kappa shape index (κ3) is 2.69. The average Bonchev–Trinajstić information content (AvgIpc) is 2.47. The molecule has 74 valence electrons. The normalized spacial score (nSPS) is 12.0. The van der Waals surface area contributed by atoms with Crippen molar-refractivity contribution < 1.29 is 17.9 Å². The van der Waals surface area contributed by atoms with Gasteiger partial charge in [-0.05, 0) is 0 Å². The lowest BCUT2D eigenvalue weighted by Gasteiger charge is -2.00. The molecule has 0 amide bonds. The van der Waals surface area contributed by atoms with E-state index in [1.165, 1.54) is 7.11 Å². The number of methoxy groups -OCH3 is 1. The highest BCUT2D eigenvalue weighted by Gasteiger charge is 2.34. The molecular formula is C6H8F3N3O. The number of hydrogen-bond donors (Lipinski definition) is 0. The SMILES string of the molecule is COCCn1ncc(C(F)(F)F)n1. The summed E-state index contributed by atoms with van der Waals surface area (Å²) in [4.78, 5) is 0.951. The maximum absolute atomic E-state index is 12.0. The maximum atomic E-state index is 12.0. The van der Waals surface area contributed by atoms with Crippen molar-refractivity contribution in [3.05, 3.63) is 11.9 Å². The zero-order valence-electron chi connectivity index (χ0n) is 6.88. The van der Waals surface area contributed by atoms with Gasteiger partial charge in [-0.2, -0.15) is 23.1 Å². The molecule has 0 saturated carbocycles. The second-order valence-electron chi connectivity index (χ2n) is 2.32. The van der Waals surface area contributed by atoms with Crippen molar-refractivity contribution in [2.45, 2.75) is 12.7 Å². The van der Waals surface area contributed by atoms with Crippen LogP contribution in [0.15, 0.2) is 6.20 Å². The number of hydrogen-bond acceptors (Lipinski definition) is 3. The first-order chi connectivity index (χ1) is 6.04. The highest BCUT2D eigenvalue weighted by molar-refractivity contribution is 4.96. The molecule has 0 aliphatic heterocycles. The summed E-state index contributed by atoms with van der Waals surface area (Å²) in [6, 6.07) is 0. The van der Waals surface area contributed by atoms with E-state index in [0.29, 0.717) is 6.20 Å². The predicted octanol–water partition coefficient (Wildman–Crippen LogP) is 0.943. The van der Waals surface area contributed by atoms with Crippen LogP contribution in [0.3, 0.4) is 0 Å². The number of halogens is 3. The number of ether oxygens (including phenoxy) is 1. The van der Waals surface area contributed by atoms with Crippen LogP contribution >= 0.6 is 0 Å². The van der Waals surface area contributed by atoms with Gasteiger partial charge in [-0.3, -0.25) is 0 Å². The van der Waals surface area contributed by atoms with Gasteiger partial charge in [0.05, 0.1) is 19.3 Å². The number of aromatic nitrogens is 3. The quantitative estimate of drug-likeness (QED) is 0.720. The van der Waals surface area contributed by atoms with E-state index in [0.717, 1.165) is 4.80 Å². The maximum Gasteiger partial charge on any atom is 0.436 e. The van der Waals surface area contributed by atoms with Crippen LogP contribution in [-0.4, -0.2) is 28.7 Å². The van der Waals surface area contributed by atoms with E-state index in [2.05, 4.69) is 14.9 Å². The summed E-state index contributed by atoms with van der Waals surface area (Å²) in [5.74, 6) is 0. The average molecular weight is 195 g/mol. The van der Waals surface area contributed by atoms with Gasteiger partial charge in [-0.25, -0.2) is 0 Å². The lowest BCUT2D eigenvalue weighted by molar-refractivity contribution is -0.141. The summed E-state index contributed by atoms with van der Waals surface area (Å²) in [5.41, 5.74) is -0.983. The molecule has 0 radical (unpaired) electrons. The molecule has 13 heavy (non-hydrogen) atoms. The fourth-order valence-corrected chi connectivity index (χ4v) is 0.708. The molecule has 0 unspecified atom stereocenters. The van der Waals surface area contributed by atoms with Gasteiger partial charge in [0, 0.05) is 7.11 Å². The lowest BCUT2D eigenvalue weighted by atomic mass is 10.5. The topological polar surface area (TPSA) is 39.9 Å². The van der Waals surface area contributed by atoms with Crippen LogP contribution in [0.2, 0.25) is 0 Å². The van der Waals surface area contributed by atoms with Gasteiger partial charge in [0.25, 0.3) is 0 Å². The summed E-state index contributed by atoms with van der Waals surface area (Å²) in [7, 11) is 1.45. The molecule has 1 rings (SSSR count). The molecule has 0 atom stereocenters. The predicted molar refractivity (Wildman–Crippen MR) is 36.9 cm³/mol. The molecule has 0 bridgehead atoms. The Balaban J connectivity index is 2.64. The fourth-order valence-electron chi connectivity index (χ4n) is 0.708. The van der Waals surface area contributed by atoms with E-state index in [1.807, 2.05) is 0 Å². The minimum Gasteiger partial charge on any atom is -0.383 e. The van der Waals surface area contributed by atoms with Crippen LogP contribution in [0.25, 0.3) is 0 Å². The van der Waals surface area contributed by atoms with Crippen molar-refractivity contribution in [2.24, 2.45) is 0 Å². The van der Waals surface area contributed by atoms with Gasteiger partial charge < -0.3 is 4.74 Å². The molecule has 4 nitrogen and oxygen atoms in total. The largest absolute Gasteiger partial charge is 0.436 e. The first-order valence-corrected chi connectivity index (χ1v) is 3.50. The Morgan fingerprint density at radius 1 is 1.54 bits per heavy atom.